The van der Waals surface area contributed by atoms with Gasteiger partial charge in [0.1, 0.15) is 0 Å². The van der Waals surface area contributed by atoms with E-state index in [9.17, 15) is 0 Å². The maximum absolute atomic E-state index is 2.50. The molecule has 0 nitrogen and oxygen atoms in total. The molecule has 0 bridgehead atoms. The fraction of sp³-hybridized carbons (Fsp3) is 0.422. The highest BCUT2D eigenvalue weighted by atomic mass is 14.1. The molecular formula is C45H60. The smallest absolute Gasteiger partial charge is 0.00926 e. The van der Waals surface area contributed by atoms with Crippen LogP contribution in [0.2, 0.25) is 0 Å². The van der Waals surface area contributed by atoms with E-state index in [2.05, 4.69) is 157 Å². The summed E-state index contributed by atoms with van der Waals surface area (Å²) in [5.74, 6) is 1.76. The first-order valence-electron chi connectivity index (χ1n) is 17.6. The zero-order valence-electron chi connectivity index (χ0n) is 29.3. The van der Waals surface area contributed by atoms with Gasteiger partial charge in [-0.25, -0.2) is 0 Å². The van der Waals surface area contributed by atoms with Crippen LogP contribution in [0, 0.1) is 0 Å². The fourth-order valence-corrected chi connectivity index (χ4v) is 6.07. The summed E-state index contributed by atoms with van der Waals surface area (Å²) in [5, 5.41) is 0. The minimum absolute atomic E-state index is 0.532. The molecule has 0 aliphatic carbocycles. The molecule has 0 aliphatic heterocycles. The van der Waals surface area contributed by atoms with Crippen LogP contribution < -0.4 is 0 Å². The SMILES string of the molecule is C/C(=C/CC(C/C=C(/C)CC/C=C(/C)CCC(C)c1ccccc1)c1ccccc1)CC/C=C(/C)CCC(C)c1ccccc1. The van der Waals surface area contributed by atoms with Crippen molar-refractivity contribution in [2.75, 3.05) is 0 Å². The summed E-state index contributed by atoms with van der Waals surface area (Å²) in [4.78, 5) is 0. The molecule has 45 heavy (non-hydrogen) atoms. The summed E-state index contributed by atoms with van der Waals surface area (Å²) in [6.45, 7) is 13.9. The zero-order chi connectivity index (χ0) is 32.3. The molecule has 0 saturated heterocycles. The number of hydrogen-bond acceptors (Lipinski definition) is 0. The minimum atomic E-state index is 0.532. The van der Waals surface area contributed by atoms with Crippen molar-refractivity contribution < 1.29 is 0 Å². The second-order valence-corrected chi connectivity index (χ2v) is 13.6. The van der Waals surface area contributed by atoms with Crippen molar-refractivity contribution in [1.82, 2.24) is 0 Å². The summed E-state index contributed by atoms with van der Waals surface area (Å²) in [5.41, 5.74) is 10.4. The third-order valence-corrected chi connectivity index (χ3v) is 9.52. The van der Waals surface area contributed by atoms with Gasteiger partial charge >= 0.3 is 0 Å². The Labute approximate surface area is 277 Å². The Hall–Kier alpha value is -3.38. The molecule has 0 fully saturated rings. The molecule has 0 heterocycles. The Kier molecular flexibility index (Phi) is 16.5. The predicted molar refractivity (Wildman–Crippen MR) is 200 cm³/mol. The van der Waals surface area contributed by atoms with Crippen LogP contribution in [0.3, 0.4) is 0 Å². The Morgan fingerprint density at radius 3 is 1.16 bits per heavy atom. The lowest BCUT2D eigenvalue weighted by atomic mass is 9.90. The molecule has 3 aromatic carbocycles. The van der Waals surface area contributed by atoms with Crippen LogP contribution in [0.1, 0.15) is 140 Å². The highest BCUT2D eigenvalue weighted by Gasteiger charge is 2.10. The molecule has 0 heteroatoms. The van der Waals surface area contributed by atoms with Gasteiger partial charge in [0.2, 0.25) is 0 Å². The van der Waals surface area contributed by atoms with Crippen molar-refractivity contribution in [3.8, 4) is 0 Å². The number of hydrogen-bond donors (Lipinski definition) is 0. The first-order valence-corrected chi connectivity index (χ1v) is 17.6. The molecule has 2 unspecified atom stereocenters. The van der Waals surface area contributed by atoms with E-state index in [0.29, 0.717) is 17.8 Å². The summed E-state index contributed by atoms with van der Waals surface area (Å²) in [7, 11) is 0. The van der Waals surface area contributed by atoms with Crippen LogP contribution in [0.15, 0.2) is 138 Å². The maximum atomic E-state index is 2.50. The Morgan fingerprint density at radius 2 is 0.778 bits per heavy atom. The Balaban J connectivity index is 1.44. The molecule has 0 aliphatic rings. The van der Waals surface area contributed by atoms with Gasteiger partial charge in [-0.2, -0.15) is 0 Å². The Morgan fingerprint density at radius 1 is 0.444 bits per heavy atom. The third-order valence-electron chi connectivity index (χ3n) is 9.52. The highest BCUT2D eigenvalue weighted by molar-refractivity contribution is 5.23. The van der Waals surface area contributed by atoms with Gasteiger partial charge in [-0.3, -0.25) is 0 Å². The number of benzene rings is 3. The van der Waals surface area contributed by atoms with Gasteiger partial charge in [-0.05, 0) is 126 Å². The van der Waals surface area contributed by atoms with E-state index in [-0.39, 0.29) is 0 Å². The molecule has 0 aromatic heterocycles. The van der Waals surface area contributed by atoms with Crippen molar-refractivity contribution in [2.45, 2.75) is 124 Å². The van der Waals surface area contributed by atoms with Gasteiger partial charge < -0.3 is 0 Å². The second kappa shape index (κ2) is 20.6. The molecule has 3 aromatic rings. The van der Waals surface area contributed by atoms with E-state index in [1.807, 2.05) is 0 Å². The standard InChI is InChI=1S/C45H60/c1-36(28-32-40(5)42-22-10-7-11-23-42)18-16-20-38(3)30-34-45(44-26-14-9-15-27-44)35-31-39(4)21-17-19-37(2)29-33-41(6)43-24-12-8-13-25-43/h7-15,18-19,22-27,30-31,40-41,45H,16-17,20-21,28-29,32-35H2,1-6H3/b36-18-,37-19-,38-30-,39-31-. The third kappa shape index (κ3) is 14.5. The molecular weight excluding hydrogens is 540 g/mol. The first kappa shape index (κ1) is 36.1. The summed E-state index contributed by atoms with van der Waals surface area (Å²) < 4.78 is 0. The molecule has 0 radical (unpaired) electrons. The summed E-state index contributed by atoms with van der Waals surface area (Å²) in [6, 6.07) is 33.0. The molecule has 2 atom stereocenters. The molecule has 0 N–H and O–H groups in total. The molecule has 240 valence electrons. The van der Waals surface area contributed by atoms with E-state index in [4.69, 9.17) is 0 Å². The van der Waals surface area contributed by atoms with E-state index >= 15 is 0 Å². The summed E-state index contributed by atoms with van der Waals surface area (Å²) >= 11 is 0. The monoisotopic (exact) mass is 600 g/mol. The van der Waals surface area contributed by atoms with Crippen LogP contribution in [0.5, 0.6) is 0 Å². The van der Waals surface area contributed by atoms with Crippen molar-refractivity contribution in [3.63, 3.8) is 0 Å². The highest BCUT2D eigenvalue weighted by Crippen LogP contribution is 2.28. The van der Waals surface area contributed by atoms with Gasteiger partial charge in [0.25, 0.3) is 0 Å². The van der Waals surface area contributed by atoms with E-state index in [1.165, 1.54) is 64.7 Å². The fourth-order valence-electron chi connectivity index (χ4n) is 6.07. The lowest BCUT2D eigenvalue weighted by Gasteiger charge is -2.15. The lowest BCUT2D eigenvalue weighted by Crippen LogP contribution is -1.97. The maximum Gasteiger partial charge on any atom is -0.00926 e. The quantitative estimate of drug-likeness (QED) is 0.120. The minimum Gasteiger partial charge on any atom is -0.0853 e. The second-order valence-electron chi connectivity index (χ2n) is 13.6. The molecule has 0 amide bonds. The van der Waals surface area contributed by atoms with Gasteiger partial charge in [-0.1, -0.05) is 151 Å². The van der Waals surface area contributed by atoms with Gasteiger partial charge in [0, 0.05) is 0 Å². The first-order chi connectivity index (χ1) is 21.8. The predicted octanol–water partition coefficient (Wildman–Crippen LogP) is 14.1. The van der Waals surface area contributed by atoms with Crippen molar-refractivity contribution in [2.24, 2.45) is 0 Å². The van der Waals surface area contributed by atoms with Crippen molar-refractivity contribution in [1.29, 1.82) is 0 Å². The van der Waals surface area contributed by atoms with Gasteiger partial charge in [-0.15, -0.1) is 0 Å². The van der Waals surface area contributed by atoms with Crippen LogP contribution in [0.25, 0.3) is 0 Å². The van der Waals surface area contributed by atoms with Crippen LogP contribution in [-0.2, 0) is 0 Å². The lowest BCUT2D eigenvalue weighted by molar-refractivity contribution is 0.673. The van der Waals surface area contributed by atoms with Gasteiger partial charge in [0.15, 0.2) is 0 Å². The normalized spacial score (nSPS) is 15.2. The van der Waals surface area contributed by atoms with E-state index in [1.54, 1.807) is 0 Å². The molecule has 3 rings (SSSR count). The average molecular weight is 601 g/mol. The van der Waals surface area contributed by atoms with E-state index in [0.717, 1.165) is 38.5 Å². The van der Waals surface area contributed by atoms with Crippen molar-refractivity contribution in [3.05, 3.63) is 154 Å². The van der Waals surface area contributed by atoms with Crippen LogP contribution in [-0.4, -0.2) is 0 Å². The van der Waals surface area contributed by atoms with Crippen molar-refractivity contribution >= 4 is 0 Å². The van der Waals surface area contributed by atoms with E-state index < -0.39 is 0 Å². The average Bonchev–Trinajstić information content (AvgIpc) is 3.07. The Bertz CT molecular complexity index is 1250. The molecule has 0 saturated carbocycles. The molecule has 0 spiro atoms. The largest absolute Gasteiger partial charge is 0.0853 e. The number of allylic oxidation sites excluding steroid dienone is 8. The van der Waals surface area contributed by atoms with Gasteiger partial charge in [0.05, 0.1) is 0 Å². The van der Waals surface area contributed by atoms with Crippen LogP contribution in [0.4, 0.5) is 0 Å². The zero-order valence-corrected chi connectivity index (χ0v) is 29.3. The van der Waals surface area contributed by atoms with Crippen LogP contribution >= 0.6 is 0 Å². The summed E-state index contributed by atoms with van der Waals surface area (Å²) in [6.07, 6.45) is 21.5. The topological polar surface area (TPSA) is 0 Å². The number of rotatable bonds is 19.